The minimum absolute atomic E-state index is 0.0315. The van der Waals surface area contributed by atoms with Crippen LogP contribution in [0.1, 0.15) is 70.9 Å². The van der Waals surface area contributed by atoms with Crippen LogP contribution in [-0.2, 0) is 19.6 Å². The Kier molecular flexibility index (Phi) is 12.8. The summed E-state index contributed by atoms with van der Waals surface area (Å²) < 4.78 is 43.2. The van der Waals surface area contributed by atoms with Gasteiger partial charge in [0.1, 0.15) is 35.6 Å². The first kappa shape index (κ1) is 40.1. The van der Waals surface area contributed by atoms with E-state index in [1.54, 1.807) is 23.1 Å². The maximum absolute atomic E-state index is 14.8. The molecule has 16 heteroatoms. The lowest BCUT2D eigenvalue weighted by Gasteiger charge is -2.44. The first-order valence-corrected chi connectivity index (χ1v) is 19.7. The molecule has 2 saturated heterocycles. The van der Waals surface area contributed by atoms with Gasteiger partial charge in [-0.1, -0.05) is 19.9 Å². The Morgan fingerprint density at radius 2 is 1.83 bits per heavy atom. The van der Waals surface area contributed by atoms with Crippen molar-refractivity contribution in [3.8, 4) is 5.75 Å². The molecule has 53 heavy (non-hydrogen) atoms. The van der Waals surface area contributed by atoms with Crippen molar-refractivity contribution in [1.29, 1.82) is 0 Å². The van der Waals surface area contributed by atoms with Crippen molar-refractivity contribution in [1.82, 2.24) is 25.4 Å². The molecule has 1 aromatic carbocycles. The van der Waals surface area contributed by atoms with Gasteiger partial charge in [-0.2, -0.15) is 12.5 Å². The Balaban J connectivity index is 1.26. The number of hydrogen-bond acceptors (Lipinski definition) is 12. The normalized spacial score (nSPS) is 19.3. The van der Waals surface area contributed by atoms with Gasteiger partial charge in [-0.3, -0.25) is 9.69 Å². The van der Waals surface area contributed by atoms with Crippen LogP contribution in [0.3, 0.4) is 0 Å². The number of furan rings is 1. The molecule has 2 aliphatic heterocycles. The van der Waals surface area contributed by atoms with Crippen molar-refractivity contribution in [2.24, 2.45) is 5.92 Å². The minimum atomic E-state index is -4.87. The fraction of sp³-hybridized carbons (Fsp3) is 0.568. The molecular weight excluding hydrogens is 705 g/mol. The second-order valence-electron chi connectivity index (χ2n) is 15.0. The SMILES string of the molecule is CC(C)C[C@H](NC(=O)c1cc2cc(OCCN3CCN(C(=O)OC(C)(C)C)CC3)ccc2o1)C(=O)[N+]([O-])(C1CCCNCC1)S(=O)(=O)c1ccccn1. The number of fused-ring (bicyclic) bond motifs is 1. The van der Waals surface area contributed by atoms with Crippen LogP contribution in [0, 0.1) is 11.1 Å². The lowest BCUT2D eigenvalue weighted by Crippen LogP contribution is -2.64. The Morgan fingerprint density at radius 3 is 2.51 bits per heavy atom. The quantitative estimate of drug-likeness (QED) is 0.198. The van der Waals surface area contributed by atoms with Crippen LogP contribution in [-0.4, -0.2) is 115 Å². The zero-order valence-electron chi connectivity index (χ0n) is 31.2. The highest BCUT2D eigenvalue weighted by molar-refractivity contribution is 7.86. The van der Waals surface area contributed by atoms with Gasteiger partial charge in [-0.25, -0.2) is 14.6 Å². The van der Waals surface area contributed by atoms with Gasteiger partial charge in [0, 0.05) is 63.7 Å². The second kappa shape index (κ2) is 16.9. The maximum atomic E-state index is 14.8. The summed E-state index contributed by atoms with van der Waals surface area (Å²) in [6.07, 6.45) is 1.85. The Morgan fingerprint density at radius 1 is 1.08 bits per heavy atom. The number of rotatable bonds is 12. The van der Waals surface area contributed by atoms with E-state index in [-0.39, 0.29) is 37.0 Å². The number of hydrogen-bond donors (Lipinski definition) is 2. The number of carbonyl (C=O) groups is 3. The van der Waals surface area contributed by atoms with Crippen LogP contribution in [0.2, 0.25) is 0 Å². The average molecular weight is 757 g/mol. The van der Waals surface area contributed by atoms with Gasteiger partial charge >= 0.3 is 22.0 Å². The summed E-state index contributed by atoms with van der Waals surface area (Å²) in [5, 5.41) is 20.8. The molecular formula is C37H52N6O9S. The number of benzene rings is 1. The number of amides is 3. The van der Waals surface area contributed by atoms with Crippen molar-refractivity contribution in [2.45, 2.75) is 83.0 Å². The summed E-state index contributed by atoms with van der Waals surface area (Å²) in [4.78, 5) is 48.2. The molecule has 0 spiro atoms. The number of quaternary nitrogens is 1. The summed E-state index contributed by atoms with van der Waals surface area (Å²) in [5.74, 6) is -1.62. The standard InChI is InChI=1S/C37H52N6O9S/c1-26(2)23-30(35(45)43(47,28-9-8-14-38-16-13-28)53(48,49)33-10-6-7-15-39-33)40-34(44)32-25-27-24-29(11-12-31(27)51-32)50-22-21-41-17-19-42(20-18-41)36(46)52-37(3,4)5/h6-7,10-12,15,24-26,28,30,38H,8-9,13-14,16-23H2,1-5H3,(H,40,44)/t28?,30-,43?/m0/s1. The number of aromatic nitrogens is 1. The van der Waals surface area contributed by atoms with E-state index in [0.717, 1.165) is 0 Å². The van der Waals surface area contributed by atoms with E-state index < -0.39 is 48.6 Å². The molecule has 5 rings (SSSR count). The highest BCUT2D eigenvalue weighted by Crippen LogP contribution is 2.33. The van der Waals surface area contributed by atoms with Crippen LogP contribution >= 0.6 is 0 Å². The third-order valence-corrected chi connectivity index (χ3v) is 11.3. The van der Waals surface area contributed by atoms with Crippen LogP contribution in [0.25, 0.3) is 11.0 Å². The van der Waals surface area contributed by atoms with Crippen LogP contribution in [0.15, 0.2) is 58.1 Å². The van der Waals surface area contributed by atoms with Gasteiger partial charge in [0.05, 0.1) is 0 Å². The molecule has 2 N–H and O–H groups in total. The van der Waals surface area contributed by atoms with Gasteiger partial charge in [-0.15, -0.1) is 0 Å². The predicted octanol–water partition coefficient (Wildman–Crippen LogP) is 4.28. The fourth-order valence-corrected chi connectivity index (χ4v) is 8.30. The van der Waals surface area contributed by atoms with Gasteiger partial charge in [0.15, 0.2) is 5.76 Å². The van der Waals surface area contributed by atoms with Crippen LogP contribution < -0.4 is 15.4 Å². The van der Waals surface area contributed by atoms with E-state index in [9.17, 15) is 28.0 Å². The van der Waals surface area contributed by atoms with E-state index in [2.05, 4.69) is 20.5 Å². The van der Waals surface area contributed by atoms with Crippen molar-refractivity contribution in [3.05, 3.63) is 59.6 Å². The third-order valence-electron chi connectivity index (χ3n) is 9.31. The summed E-state index contributed by atoms with van der Waals surface area (Å²) in [5.41, 5.74) is -0.134. The van der Waals surface area contributed by atoms with Crippen LogP contribution in [0.4, 0.5) is 4.79 Å². The molecule has 3 atom stereocenters. The molecule has 0 aliphatic carbocycles. The molecule has 15 nitrogen and oxygen atoms in total. The summed E-state index contributed by atoms with van der Waals surface area (Å²) in [6, 6.07) is 8.33. The number of piperazine rings is 1. The monoisotopic (exact) mass is 756 g/mol. The van der Waals surface area contributed by atoms with E-state index in [4.69, 9.17) is 13.9 Å². The van der Waals surface area contributed by atoms with E-state index in [0.29, 0.717) is 75.6 Å². The van der Waals surface area contributed by atoms with Crippen molar-refractivity contribution < 1.29 is 40.7 Å². The van der Waals surface area contributed by atoms with Gasteiger partial charge in [0.2, 0.25) is 5.03 Å². The summed E-state index contributed by atoms with van der Waals surface area (Å²) >= 11 is 0. The molecule has 290 valence electrons. The second-order valence-corrected chi connectivity index (χ2v) is 16.9. The first-order valence-electron chi connectivity index (χ1n) is 18.3. The number of nitrogens with zero attached hydrogens (tertiary/aromatic N) is 4. The lowest BCUT2D eigenvalue weighted by molar-refractivity contribution is -0.706. The largest absolute Gasteiger partial charge is 0.608 e. The smallest absolute Gasteiger partial charge is 0.410 e. The molecule has 4 heterocycles. The van der Waals surface area contributed by atoms with E-state index in [1.807, 2.05) is 34.6 Å². The van der Waals surface area contributed by atoms with Gasteiger partial charge in [-0.05, 0) is 82.5 Å². The highest BCUT2D eigenvalue weighted by atomic mass is 32.2. The van der Waals surface area contributed by atoms with Crippen molar-refractivity contribution in [3.63, 3.8) is 0 Å². The van der Waals surface area contributed by atoms with E-state index in [1.165, 1.54) is 30.5 Å². The molecule has 2 aromatic heterocycles. The zero-order valence-corrected chi connectivity index (χ0v) is 32.0. The Labute approximate surface area is 311 Å². The van der Waals surface area contributed by atoms with Gasteiger partial charge in [0.25, 0.3) is 5.91 Å². The molecule has 3 amide bonds. The number of carbonyl (C=O) groups excluding carboxylic acids is 3. The fourth-order valence-electron chi connectivity index (χ4n) is 6.61. The molecule has 2 aliphatic rings. The number of ether oxygens (including phenoxy) is 2. The van der Waals surface area contributed by atoms with E-state index >= 15 is 0 Å². The minimum Gasteiger partial charge on any atom is -0.608 e. The van der Waals surface area contributed by atoms with Crippen molar-refractivity contribution in [2.75, 3.05) is 52.4 Å². The maximum Gasteiger partial charge on any atom is 0.410 e. The Hall–Kier alpha value is -4.09. The third kappa shape index (κ3) is 9.72. The van der Waals surface area contributed by atoms with Crippen LogP contribution in [0.5, 0.6) is 5.75 Å². The topological polar surface area (TPSA) is 183 Å². The van der Waals surface area contributed by atoms with Crippen molar-refractivity contribution >= 4 is 38.9 Å². The molecule has 0 bridgehead atoms. The zero-order chi connectivity index (χ0) is 38.4. The first-order chi connectivity index (χ1) is 25.1. The molecule has 2 fully saturated rings. The molecule has 0 radical (unpaired) electrons. The number of pyridine rings is 1. The number of nitrogens with one attached hydrogen (secondary N) is 2. The highest BCUT2D eigenvalue weighted by Gasteiger charge is 2.52. The van der Waals surface area contributed by atoms with Gasteiger partial charge < -0.3 is 34.6 Å². The summed E-state index contributed by atoms with van der Waals surface area (Å²) in [7, 11) is -4.87. The molecule has 2 unspecified atom stereocenters. The average Bonchev–Trinajstić information content (AvgIpc) is 3.35. The lowest BCUT2D eigenvalue weighted by atomic mass is 10.0. The Bertz CT molecular complexity index is 1830. The predicted molar refractivity (Wildman–Crippen MR) is 197 cm³/mol. The number of hydroxylamine groups is 2. The molecule has 0 saturated carbocycles. The number of sulfonamides is 1. The molecule has 3 aromatic rings. The summed E-state index contributed by atoms with van der Waals surface area (Å²) in [6.45, 7) is 13.7.